The van der Waals surface area contributed by atoms with E-state index in [0.717, 1.165) is 0 Å². The second-order valence-corrected chi connectivity index (χ2v) is 27.8. The normalized spacial score (nSPS) is 18.2. The molecule has 0 aliphatic carbocycles. The van der Waals surface area contributed by atoms with E-state index in [0.29, 0.717) is 0 Å². The van der Waals surface area contributed by atoms with Crippen molar-refractivity contribution in [1.82, 2.24) is 0 Å². The lowest BCUT2D eigenvalue weighted by molar-refractivity contribution is 0.0697. The number of benzene rings is 1. The van der Waals surface area contributed by atoms with Crippen LogP contribution in [0, 0.1) is 0 Å². The van der Waals surface area contributed by atoms with E-state index >= 15 is 0 Å². The molecule has 0 N–H and O–H groups in total. The van der Waals surface area contributed by atoms with Crippen molar-refractivity contribution in [3.05, 3.63) is 54.6 Å². The highest BCUT2D eigenvalue weighted by Gasteiger charge is 2.56. The van der Waals surface area contributed by atoms with Gasteiger partial charge < -0.3 is 12.8 Å². The van der Waals surface area contributed by atoms with Crippen LogP contribution in [0.15, 0.2) is 59.5 Å². The molecule has 0 aromatic heterocycles. The SMILES string of the molecule is C=C[Si](C)(C)OC(C)(C)S(C)(C)OC(C)(C)C(C)(C)S(C)(OC(C)(C)S(C)(C)C=C)c1ccccc1. The largest absolute Gasteiger partial charge is 0.399 e. The molecule has 0 bridgehead atoms. The van der Waals surface area contributed by atoms with Crippen molar-refractivity contribution in [2.24, 2.45) is 0 Å². The fourth-order valence-corrected chi connectivity index (χ4v) is 12.9. The third-order valence-electron chi connectivity index (χ3n) is 8.27. The molecular weight excluding hydrogens is 521 g/mol. The first-order chi connectivity index (χ1) is 15.8. The topological polar surface area (TPSA) is 27.7 Å². The van der Waals surface area contributed by atoms with Crippen molar-refractivity contribution in [2.45, 2.75) is 93.6 Å². The standard InChI is InChI=1S/C29H56O3S3Si/c1-18-33(11,12)28(7,8)31-35(15,25-23-21-20-22-24-25)27(5,6)26(3,4)30-34(13,14)29(9,10)32-36(16,17)19-2/h18-24H,1-2H2,3-17H3. The molecule has 36 heavy (non-hydrogen) atoms. The van der Waals surface area contributed by atoms with Gasteiger partial charge in [0.2, 0.25) is 8.32 Å². The summed E-state index contributed by atoms with van der Waals surface area (Å²) in [4.78, 5) is 0.423. The lowest BCUT2D eigenvalue weighted by Crippen LogP contribution is -2.54. The zero-order valence-corrected chi connectivity index (χ0v) is 29.4. The van der Waals surface area contributed by atoms with Crippen LogP contribution in [0.25, 0.3) is 0 Å². The van der Waals surface area contributed by atoms with E-state index in [1.54, 1.807) is 0 Å². The quantitative estimate of drug-likeness (QED) is 0.219. The Bertz CT molecular complexity index is 921. The first-order valence-corrected chi connectivity index (χ1v) is 22.3. The van der Waals surface area contributed by atoms with Gasteiger partial charge in [0.15, 0.2) is 0 Å². The highest BCUT2D eigenvalue weighted by Crippen LogP contribution is 2.73. The molecule has 0 amide bonds. The summed E-state index contributed by atoms with van der Waals surface area (Å²) in [6.45, 7) is 30.4. The van der Waals surface area contributed by atoms with Crippen molar-refractivity contribution in [3.8, 4) is 0 Å². The molecule has 0 radical (unpaired) electrons. The van der Waals surface area contributed by atoms with E-state index in [2.05, 4.69) is 149 Å². The summed E-state index contributed by atoms with van der Waals surface area (Å²) in [6, 6.07) is 10.7. The van der Waals surface area contributed by atoms with Crippen LogP contribution in [0.1, 0.15) is 55.4 Å². The smallest absolute Gasteiger partial charge is 0.212 e. The van der Waals surface area contributed by atoms with Gasteiger partial charge in [0.05, 0.1) is 5.60 Å². The lowest BCUT2D eigenvalue weighted by Gasteiger charge is -2.62. The molecule has 1 unspecified atom stereocenters. The first-order valence-electron chi connectivity index (χ1n) is 12.5. The van der Waals surface area contributed by atoms with Gasteiger partial charge in [0, 0.05) is 9.64 Å². The van der Waals surface area contributed by atoms with Crippen LogP contribution in [-0.4, -0.2) is 59.8 Å². The third-order valence-corrected chi connectivity index (χ3v) is 21.6. The maximum absolute atomic E-state index is 7.36. The van der Waals surface area contributed by atoms with E-state index in [4.69, 9.17) is 12.8 Å². The summed E-state index contributed by atoms with van der Waals surface area (Å²) in [5, 5.41) is 2.09. The Labute approximate surface area is 230 Å². The van der Waals surface area contributed by atoms with E-state index in [1.807, 2.05) is 5.70 Å². The van der Waals surface area contributed by atoms with Crippen molar-refractivity contribution >= 4 is 39.0 Å². The van der Waals surface area contributed by atoms with Crippen LogP contribution in [0.2, 0.25) is 13.1 Å². The Kier molecular flexibility index (Phi) is 10.1. The summed E-state index contributed by atoms with van der Waals surface area (Å²) in [6.07, 6.45) is 11.3. The monoisotopic (exact) mass is 576 g/mol. The molecule has 0 saturated heterocycles. The summed E-state index contributed by atoms with van der Waals surface area (Å²) in [5.41, 5.74) is 1.48. The zero-order chi connectivity index (χ0) is 28.6. The summed E-state index contributed by atoms with van der Waals surface area (Å²) < 4.78 is 20.9. The van der Waals surface area contributed by atoms with Gasteiger partial charge >= 0.3 is 0 Å². The van der Waals surface area contributed by atoms with Gasteiger partial charge in [-0.15, -0.1) is 27.2 Å². The number of rotatable bonds is 13. The highest BCUT2D eigenvalue weighted by atomic mass is 32.3. The minimum atomic E-state index is -2.01. The molecule has 0 aliphatic heterocycles. The average Bonchev–Trinajstić information content (AvgIpc) is 2.72. The Morgan fingerprint density at radius 2 is 1.22 bits per heavy atom. The van der Waals surface area contributed by atoms with Crippen molar-refractivity contribution < 1.29 is 12.8 Å². The second kappa shape index (κ2) is 10.8. The van der Waals surface area contributed by atoms with Crippen LogP contribution >= 0.6 is 30.6 Å². The fraction of sp³-hybridized carbons (Fsp3) is 0.655. The molecule has 1 aromatic rings. The highest BCUT2D eigenvalue weighted by molar-refractivity contribution is 8.37. The molecule has 212 valence electrons. The predicted octanol–water partition coefficient (Wildman–Crippen LogP) is 9.59. The first kappa shape index (κ1) is 33.9. The third kappa shape index (κ3) is 6.70. The van der Waals surface area contributed by atoms with Gasteiger partial charge in [0.25, 0.3) is 0 Å². The molecule has 1 atom stereocenters. The van der Waals surface area contributed by atoms with Gasteiger partial charge in [0.1, 0.15) is 9.87 Å². The van der Waals surface area contributed by atoms with Gasteiger partial charge in [-0.2, -0.15) is 10.0 Å². The summed E-state index contributed by atoms with van der Waals surface area (Å²) in [5.74, 6) is 0. The van der Waals surface area contributed by atoms with Crippen molar-refractivity contribution in [2.75, 3.05) is 31.3 Å². The van der Waals surface area contributed by atoms with Crippen LogP contribution in [0.4, 0.5) is 0 Å². The zero-order valence-electron chi connectivity index (χ0n) is 25.9. The van der Waals surface area contributed by atoms with Crippen LogP contribution in [0.5, 0.6) is 0 Å². The minimum absolute atomic E-state index is 0.346. The van der Waals surface area contributed by atoms with Gasteiger partial charge in [-0.3, -0.25) is 0 Å². The van der Waals surface area contributed by atoms with Crippen LogP contribution < -0.4 is 0 Å². The van der Waals surface area contributed by atoms with E-state index in [1.165, 1.54) is 4.90 Å². The molecule has 7 heteroatoms. The molecule has 1 rings (SSSR count). The van der Waals surface area contributed by atoms with Gasteiger partial charge in [-0.1, -0.05) is 35.9 Å². The average molecular weight is 577 g/mol. The van der Waals surface area contributed by atoms with E-state index in [9.17, 15) is 0 Å². The molecule has 3 nitrogen and oxygen atoms in total. The van der Waals surface area contributed by atoms with Gasteiger partial charge in [-0.25, -0.2) is 0 Å². The lowest BCUT2D eigenvalue weighted by atomic mass is 9.94. The van der Waals surface area contributed by atoms with Gasteiger partial charge in [-0.05, 0) is 112 Å². The van der Waals surface area contributed by atoms with Crippen LogP contribution in [-0.2, 0) is 12.8 Å². The maximum atomic E-state index is 7.36. The van der Waals surface area contributed by atoms with Crippen molar-refractivity contribution in [1.29, 1.82) is 0 Å². The van der Waals surface area contributed by atoms with Crippen LogP contribution in [0.3, 0.4) is 0 Å². The Balaban J connectivity index is 3.65. The molecule has 0 heterocycles. The second-order valence-electron chi connectivity index (χ2n) is 12.9. The maximum Gasteiger partial charge on any atom is 0.212 e. The van der Waals surface area contributed by atoms with E-state index < -0.39 is 49.5 Å². The number of hydrogen-bond donors (Lipinski definition) is 0. The van der Waals surface area contributed by atoms with Crippen molar-refractivity contribution in [3.63, 3.8) is 0 Å². The number of hydrogen-bond acceptors (Lipinski definition) is 3. The van der Waals surface area contributed by atoms with E-state index in [-0.39, 0.29) is 9.68 Å². The molecular formula is C29H56O3S3Si. The Morgan fingerprint density at radius 3 is 1.64 bits per heavy atom. The minimum Gasteiger partial charge on any atom is -0.399 e. The molecule has 1 aromatic carbocycles. The summed E-state index contributed by atoms with van der Waals surface area (Å²) >= 11 is 0. The Morgan fingerprint density at radius 1 is 0.750 bits per heavy atom. The molecule has 0 saturated carbocycles. The Hall–Kier alpha value is -0.153. The fourth-order valence-electron chi connectivity index (χ4n) is 3.78. The predicted molar refractivity (Wildman–Crippen MR) is 175 cm³/mol. The molecule has 0 aliphatic rings. The summed E-state index contributed by atoms with van der Waals surface area (Å²) in [7, 11) is -6.74. The molecule has 0 spiro atoms. The molecule has 0 fully saturated rings.